The SMILES string of the molecule is COc1cc2nn(C3CCNCC3)cc2cc1NC(=O)c1coc(-c2ccnc(N)c2)n1.O=C(O)C(F)(F)F. The number of ether oxygens (including phenoxy) is 1. The van der Waals surface area contributed by atoms with Crippen LogP contribution in [0.4, 0.5) is 24.7 Å². The molecule has 3 aromatic heterocycles. The molecule has 0 radical (unpaired) electrons. The molecule has 0 saturated carbocycles. The first-order valence-corrected chi connectivity index (χ1v) is 11.6. The average Bonchev–Trinajstić information content (AvgIpc) is 3.56. The van der Waals surface area contributed by atoms with Crippen molar-refractivity contribution in [3.8, 4) is 17.2 Å². The number of nitrogens with two attached hydrogens (primary N) is 1. The molecule has 0 aliphatic carbocycles. The second-order valence-electron chi connectivity index (χ2n) is 8.47. The molecular weight excluding hydrogens is 523 g/mol. The van der Waals surface area contributed by atoms with Gasteiger partial charge in [-0.15, -0.1) is 0 Å². The summed E-state index contributed by atoms with van der Waals surface area (Å²) in [5.41, 5.74) is 7.84. The number of carbonyl (C=O) groups excluding carboxylic acids is 1. The molecule has 1 fully saturated rings. The van der Waals surface area contributed by atoms with Crippen LogP contribution in [0.1, 0.15) is 29.4 Å². The molecule has 4 aromatic rings. The minimum atomic E-state index is -5.08. The lowest BCUT2D eigenvalue weighted by Gasteiger charge is -2.22. The van der Waals surface area contributed by atoms with Crippen LogP contribution in [-0.4, -0.2) is 63.1 Å². The number of aliphatic carboxylic acids is 1. The summed E-state index contributed by atoms with van der Waals surface area (Å²) in [5.74, 6) is -2.02. The van der Waals surface area contributed by atoms with E-state index in [1.165, 1.54) is 6.26 Å². The van der Waals surface area contributed by atoms with Crippen LogP contribution in [0.5, 0.6) is 5.75 Å². The number of aromatic nitrogens is 4. The number of anilines is 2. The van der Waals surface area contributed by atoms with Crippen molar-refractivity contribution >= 4 is 34.3 Å². The summed E-state index contributed by atoms with van der Waals surface area (Å²) in [6.07, 6.45) is 1.86. The molecule has 1 amide bonds. The van der Waals surface area contributed by atoms with Gasteiger partial charge in [0.1, 0.15) is 17.8 Å². The number of carboxylic acid groups (broad SMARTS) is 1. The fourth-order valence-electron chi connectivity index (χ4n) is 3.87. The Morgan fingerprint density at radius 2 is 1.97 bits per heavy atom. The average molecular weight is 547 g/mol. The van der Waals surface area contributed by atoms with Gasteiger partial charge < -0.3 is 30.6 Å². The highest BCUT2D eigenvalue weighted by Gasteiger charge is 2.38. The van der Waals surface area contributed by atoms with Crippen molar-refractivity contribution in [3.05, 3.63) is 48.6 Å². The zero-order chi connectivity index (χ0) is 28.2. The van der Waals surface area contributed by atoms with E-state index in [0.717, 1.165) is 36.8 Å². The molecule has 1 saturated heterocycles. The van der Waals surface area contributed by atoms with Crippen LogP contribution in [0.3, 0.4) is 0 Å². The molecule has 1 aromatic carbocycles. The smallest absolute Gasteiger partial charge is 0.490 e. The Kier molecular flexibility index (Phi) is 7.99. The fraction of sp³-hybridized carbons (Fsp3) is 0.292. The van der Waals surface area contributed by atoms with E-state index in [9.17, 15) is 18.0 Å². The fourth-order valence-corrected chi connectivity index (χ4v) is 3.87. The summed E-state index contributed by atoms with van der Waals surface area (Å²) in [6, 6.07) is 7.40. The van der Waals surface area contributed by atoms with E-state index in [2.05, 4.69) is 20.6 Å². The van der Waals surface area contributed by atoms with Crippen LogP contribution in [-0.2, 0) is 4.79 Å². The van der Waals surface area contributed by atoms with Gasteiger partial charge in [0.25, 0.3) is 5.91 Å². The minimum Gasteiger partial charge on any atom is -0.494 e. The van der Waals surface area contributed by atoms with E-state index in [4.69, 9.17) is 29.9 Å². The number of nitrogens with zero attached hydrogens (tertiary/aromatic N) is 4. The highest BCUT2D eigenvalue weighted by molar-refractivity contribution is 6.05. The molecule has 0 unspecified atom stereocenters. The number of piperidine rings is 1. The maximum Gasteiger partial charge on any atom is 0.490 e. The molecule has 5 N–H and O–H groups in total. The standard InChI is InChI=1S/C22H23N7O3.C2HF3O2/c1-31-19-10-16-14(11-29(28-16)15-3-5-24-6-4-15)8-17(19)26-21(30)18-12-32-22(27-18)13-2-7-25-20(23)9-13;3-2(4,5)1(6)7/h2,7-12,15,24H,3-6H2,1H3,(H2,23,25)(H,26,30);(H,6,7). The van der Waals surface area contributed by atoms with Gasteiger partial charge in [-0.05, 0) is 44.1 Å². The number of methoxy groups -OCH3 is 1. The molecular formula is C24H24F3N7O5. The molecule has 206 valence electrons. The lowest BCUT2D eigenvalue weighted by atomic mass is 10.1. The molecule has 1 aliphatic rings. The Morgan fingerprint density at radius 1 is 1.26 bits per heavy atom. The number of oxazole rings is 1. The number of pyridine rings is 1. The highest BCUT2D eigenvalue weighted by Crippen LogP contribution is 2.32. The second kappa shape index (κ2) is 11.4. The number of carboxylic acids is 1. The summed E-state index contributed by atoms with van der Waals surface area (Å²) in [5, 5.41) is 19.0. The van der Waals surface area contributed by atoms with Crippen molar-refractivity contribution in [2.75, 3.05) is 31.2 Å². The summed E-state index contributed by atoms with van der Waals surface area (Å²) < 4.78 is 44.7. The van der Waals surface area contributed by atoms with Gasteiger partial charge in [-0.3, -0.25) is 9.48 Å². The number of amides is 1. The van der Waals surface area contributed by atoms with E-state index in [0.29, 0.717) is 28.9 Å². The number of carbonyl (C=O) groups is 2. The normalized spacial score (nSPS) is 13.9. The predicted molar refractivity (Wildman–Crippen MR) is 133 cm³/mol. The first-order valence-electron chi connectivity index (χ1n) is 11.6. The lowest BCUT2D eigenvalue weighted by molar-refractivity contribution is -0.192. The molecule has 5 rings (SSSR count). The summed E-state index contributed by atoms with van der Waals surface area (Å²) in [4.78, 5) is 29.9. The largest absolute Gasteiger partial charge is 0.494 e. The summed E-state index contributed by atoms with van der Waals surface area (Å²) in [7, 11) is 1.56. The van der Waals surface area contributed by atoms with E-state index in [-0.39, 0.29) is 11.6 Å². The zero-order valence-corrected chi connectivity index (χ0v) is 20.5. The maximum atomic E-state index is 12.8. The number of halogens is 3. The van der Waals surface area contributed by atoms with Crippen LogP contribution in [0.15, 0.2) is 47.3 Å². The minimum absolute atomic E-state index is 0.142. The number of nitrogens with one attached hydrogen (secondary N) is 2. The van der Waals surface area contributed by atoms with Crippen LogP contribution in [0.2, 0.25) is 0 Å². The zero-order valence-electron chi connectivity index (χ0n) is 20.5. The molecule has 0 atom stereocenters. The Hall–Kier alpha value is -4.66. The molecule has 12 nitrogen and oxygen atoms in total. The van der Waals surface area contributed by atoms with E-state index < -0.39 is 18.1 Å². The van der Waals surface area contributed by atoms with Gasteiger partial charge >= 0.3 is 12.1 Å². The monoisotopic (exact) mass is 547 g/mol. The Morgan fingerprint density at radius 3 is 2.62 bits per heavy atom. The van der Waals surface area contributed by atoms with E-state index >= 15 is 0 Å². The number of fused-ring (bicyclic) bond motifs is 1. The highest BCUT2D eigenvalue weighted by atomic mass is 19.4. The number of hydrogen-bond acceptors (Lipinski definition) is 9. The Balaban J connectivity index is 0.000000448. The third kappa shape index (κ3) is 6.62. The Bertz CT molecular complexity index is 1480. The van der Waals surface area contributed by atoms with Crippen LogP contribution >= 0.6 is 0 Å². The van der Waals surface area contributed by atoms with Gasteiger partial charge in [0.15, 0.2) is 5.69 Å². The third-order valence-corrected chi connectivity index (χ3v) is 5.78. The van der Waals surface area contributed by atoms with Gasteiger partial charge in [-0.25, -0.2) is 14.8 Å². The van der Waals surface area contributed by atoms with Crippen LogP contribution < -0.4 is 21.1 Å². The second-order valence-corrected chi connectivity index (χ2v) is 8.47. The number of nitrogen functional groups attached to an aromatic ring is 1. The van der Waals surface area contributed by atoms with Crippen molar-refractivity contribution in [2.45, 2.75) is 25.1 Å². The molecule has 0 bridgehead atoms. The topological polar surface area (TPSA) is 170 Å². The predicted octanol–water partition coefficient (Wildman–Crippen LogP) is 3.49. The van der Waals surface area contributed by atoms with Crippen molar-refractivity contribution in [2.24, 2.45) is 0 Å². The molecule has 4 heterocycles. The molecule has 0 spiro atoms. The Labute approximate surface area is 219 Å². The first-order chi connectivity index (χ1) is 18.5. The maximum absolute atomic E-state index is 12.8. The van der Waals surface area contributed by atoms with Gasteiger partial charge in [-0.1, -0.05) is 0 Å². The van der Waals surface area contributed by atoms with Gasteiger partial charge in [0.2, 0.25) is 5.89 Å². The van der Waals surface area contributed by atoms with Crippen molar-refractivity contribution in [3.63, 3.8) is 0 Å². The molecule has 1 aliphatic heterocycles. The number of benzene rings is 1. The number of hydrogen-bond donors (Lipinski definition) is 4. The molecule has 39 heavy (non-hydrogen) atoms. The van der Waals surface area contributed by atoms with Gasteiger partial charge in [0.05, 0.1) is 24.4 Å². The number of alkyl halides is 3. The van der Waals surface area contributed by atoms with Gasteiger partial charge in [-0.2, -0.15) is 18.3 Å². The van der Waals surface area contributed by atoms with Crippen molar-refractivity contribution in [1.29, 1.82) is 0 Å². The third-order valence-electron chi connectivity index (χ3n) is 5.78. The first kappa shape index (κ1) is 27.4. The van der Waals surface area contributed by atoms with E-state index in [1.807, 2.05) is 23.0 Å². The van der Waals surface area contributed by atoms with Crippen molar-refractivity contribution in [1.82, 2.24) is 25.1 Å². The summed E-state index contributed by atoms with van der Waals surface area (Å²) >= 11 is 0. The summed E-state index contributed by atoms with van der Waals surface area (Å²) in [6.45, 7) is 1.97. The molecule has 15 heteroatoms. The van der Waals surface area contributed by atoms with Crippen LogP contribution in [0, 0.1) is 0 Å². The quantitative estimate of drug-likeness (QED) is 0.290. The lowest BCUT2D eigenvalue weighted by Crippen LogP contribution is -2.29. The number of rotatable bonds is 5. The van der Waals surface area contributed by atoms with Crippen molar-refractivity contribution < 1.29 is 37.0 Å². The van der Waals surface area contributed by atoms with E-state index in [1.54, 1.807) is 25.4 Å². The van der Waals surface area contributed by atoms with Gasteiger partial charge in [0, 0.05) is 29.4 Å². The van der Waals surface area contributed by atoms with Crippen LogP contribution in [0.25, 0.3) is 22.4 Å².